The maximum atomic E-state index is 11.8. The zero-order valence-electron chi connectivity index (χ0n) is 8.98. The van der Waals surface area contributed by atoms with Gasteiger partial charge >= 0.3 is 16.4 Å². The Kier molecular flexibility index (Phi) is 2.86. The quantitative estimate of drug-likeness (QED) is 0.507. The first kappa shape index (κ1) is 12.3. The van der Waals surface area contributed by atoms with E-state index in [1.54, 1.807) is 13.0 Å². The van der Waals surface area contributed by atoms with E-state index in [0.717, 1.165) is 0 Å². The minimum atomic E-state index is -4.74. The van der Waals surface area contributed by atoms with Crippen LogP contribution in [-0.4, -0.2) is 59.3 Å². The first-order valence-electron chi connectivity index (χ1n) is 4.89. The molecule has 17 heavy (non-hydrogen) atoms. The second-order valence-corrected chi connectivity index (χ2v) is 4.94. The van der Waals surface area contributed by atoms with Gasteiger partial charge in [0.15, 0.2) is 0 Å². The van der Waals surface area contributed by atoms with Crippen LogP contribution in [0.2, 0.25) is 0 Å². The van der Waals surface area contributed by atoms with Gasteiger partial charge < -0.3 is 10.0 Å². The predicted octanol–water partition coefficient (Wildman–Crippen LogP) is -0.852. The summed E-state index contributed by atoms with van der Waals surface area (Å²) in [5.41, 5.74) is 0.704. The van der Waals surface area contributed by atoms with Crippen LogP contribution in [0, 0.1) is 0 Å². The molecule has 2 bridgehead atoms. The molecule has 0 aliphatic carbocycles. The lowest BCUT2D eigenvalue weighted by molar-refractivity contribution is -0.0213. The van der Waals surface area contributed by atoms with Gasteiger partial charge in [0.25, 0.3) is 0 Å². The van der Waals surface area contributed by atoms with Gasteiger partial charge in [0.2, 0.25) is 0 Å². The van der Waals surface area contributed by atoms with Crippen molar-refractivity contribution in [3.8, 4) is 0 Å². The van der Waals surface area contributed by atoms with Gasteiger partial charge in [-0.3, -0.25) is 4.55 Å². The molecule has 1 saturated heterocycles. The highest BCUT2D eigenvalue weighted by molar-refractivity contribution is 7.80. The van der Waals surface area contributed by atoms with Gasteiger partial charge in [-0.1, -0.05) is 6.08 Å². The summed E-state index contributed by atoms with van der Waals surface area (Å²) in [6.45, 7) is 1.67. The Bertz CT molecular complexity index is 472. The molecule has 1 unspecified atom stereocenters. The highest BCUT2D eigenvalue weighted by Crippen LogP contribution is 2.30. The topological polar surface area (TPSA) is 107 Å². The number of nitrogens with zero attached hydrogens (tertiary/aromatic N) is 2. The molecule has 96 valence electrons. The Morgan fingerprint density at radius 1 is 1.59 bits per heavy atom. The Hall–Kier alpha value is -1.16. The molecular formula is C8H12N2O6S. The number of amides is 2. The Labute approximate surface area is 98.0 Å². The van der Waals surface area contributed by atoms with E-state index >= 15 is 0 Å². The summed E-state index contributed by atoms with van der Waals surface area (Å²) in [5.74, 6) is 0. The van der Waals surface area contributed by atoms with Crippen LogP contribution in [0.4, 0.5) is 4.79 Å². The average molecular weight is 264 g/mol. The molecule has 2 heterocycles. The van der Waals surface area contributed by atoms with Gasteiger partial charge in [0.05, 0.1) is 19.2 Å². The van der Waals surface area contributed by atoms with E-state index in [0.29, 0.717) is 10.6 Å². The molecule has 2 atom stereocenters. The third-order valence-electron chi connectivity index (χ3n) is 2.83. The van der Waals surface area contributed by atoms with Crippen molar-refractivity contribution in [2.24, 2.45) is 0 Å². The predicted molar refractivity (Wildman–Crippen MR) is 55.0 cm³/mol. The number of rotatable bonds is 3. The number of fused-ring (bicyclic) bond motifs is 2. The molecule has 2 rings (SSSR count). The van der Waals surface area contributed by atoms with Gasteiger partial charge in [-0.05, 0) is 12.5 Å². The molecule has 2 amide bonds. The highest BCUT2D eigenvalue weighted by atomic mass is 32.3. The zero-order valence-corrected chi connectivity index (χ0v) is 9.79. The van der Waals surface area contributed by atoms with E-state index in [9.17, 15) is 13.2 Å². The number of hydrogen-bond acceptors (Lipinski definition) is 5. The molecule has 9 heteroatoms. The van der Waals surface area contributed by atoms with Crippen molar-refractivity contribution in [3.63, 3.8) is 0 Å². The van der Waals surface area contributed by atoms with Crippen molar-refractivity contribution >= 4 is 16.4 Å². The van der Waals surface area contributed by atoms with Gasteiger partial charge in [0.1, 0.15) is 6.04 Å². The normalized spacial score (nSPS) is 28.6. The fraction of sp³-hybridized carbons (Fsp3) is 0.625. The molecule has 0 saturated carbocycles. The lowest BCUT2D eigenvalue weighted by Gasteiger charge is -2.26. The van der Waals surface area contributed by atoms with Gasteiger partial charge in [-0.15, -0.1) is 4.28 Å². The fourth-order valence-corrected chi connectivity index (χ4v) is 2.42. The number of hydroxylamine groups is 2. The Morgan fingerprint density at radius 3 is 2.76 bits per heavy atom. The molecule has 0 aromatic rings. The molecule has 0 aromatic heterocycles. The van der Waals surface area contributed by atoms with Gasteiger partial charge in [-0.25, -0.2) is 4.79 Å². The number of carbonyl (C=O) groups is 1. The number of carbonyl (C=O) groups excluding carboxylic acids is 1. The first-order valence-corrected chi connectivity index (χ1v) is 6.26. The lowest BCUT2D eigenvalue weighted by atomic mass is 10.0. The van der Waals surface area contributed by atoms with Gasteiger partial charge in [0, 0.05) is 0 Å². The van der Waals surface area contributed by atoms with Gasteiger partial charge in [-0.2, -0.15) is 13.5 Å². The van der Waals surface area contributed by atoms with Crippen LogP contribution >= 0.6 is 0 Å². The van der Waals surface area contributed by atoms with E-state index in [2.05, 4.69) is 4.28 Å². The summed E-state index contributed by atoms with van der Waals surface area (Å²) in [6.07, 6.45) is 1.67. The van der Waals surface area contributed by atoms with Crippen LogP contribution < -0.4 is 0 Å². The summed E-state index contributed by atoms with van der Waals surface area (Å²) < 4.78 is 34.1. The molecule has 0 radical (unpaired) electrons. The van der Waals surface area contributed by atoms with E-state index < -0.39 is 28.5 Å². The number of hydrogen-bond donors (Lipinski definition) is 2. The maximum Gasteiger partial charge on any atom is 0.418 e. The number of urea groups is 1. The number of aliphatic hydroxyl groups is 1. The van der Waals surface area contributed by atoms with Crippen molar-refractivity contribution in [3.05, 3.63) is 11.6 Å². The summed E-state index contributed by atoms with van der Waals surface area (Å²) in [4.78, 5) is 13.1. The van der Waals surface area contributed by atoms with E-state index in [4.69, 9.17) is 9.66 Å². The summed E-state index contributed by atoms with van der Waals surface area (Å²) in [5, 5.41) is 9.71. The third-order valence-corrected chi connectivity index (χ3v) is 3.18. The van der Waals surface area contributed by atoms with Crippen LogP contribution in [0.15, 0.2) is 11.6 Å². The largest absolute Gasteiger partial charge is 0.418 e. The SMILES string of the molecule is CC1=C[C@@H](CO)N2CC1N(OS(=O)(=O)O)C2=O. The van der Waals surface area contributed by atoms with Crippen LogP contribution in [0.5, 0.6) is 0 Å². The van der Waals surface area contributed by atoms with Crippen molar-refractivity contribution < 1.29 is 27.2 Å². The van der Waals surface area contributed by atoms with Crippen LogP contribution in [0.25, 0.3) is 0 Å². The number of aliphatic hydroxyl groups excluding tert-OH is 1. The monoisotopic (exact) mass is 264 g/mol. The Balaban J connectivity index is 2.29. The lowest BCUT2D eigenvalue weighted by Crippen LogP contribution is -2.40. The zero-order chi connectivity index (χ0) is 12.8. The van der Waals surface area contributed by atoms with E-state index in [-0.39, 0.29) is 13.2 Å². The first-order chi connectivity index (χ1) is 7.83. The van der Waals surface area contributed by atoms with Crippen molar-refractivity contribution in [2.45, 2.75) is 19.0 Å². The second-order valence-electron chi connectivity index (χ2n) is 3.94. The van der Waals surface area contributed by atoms with Crippen molar-refractivity contribution in [1.29, 1.82) is 0 Å². The third kappa shape index (κ3) is 2.14. The maximum absolute atomic E-state index is 11.8. The summed E-state index contributed by atoms with van der Waals surface area (Å²) >= 11 is 0. The molecule has 8 nitrogen and oxygen atoms in total. The smallest absolute Gasteiger partial charge is 0.394 e. The highest BCUT2D eigenvalue weighted by Gasteiger charge is 2.46. The molecule has 2 aliphatic heterocycles. The summed E-state index contributed by atoms with van der Waals surface area (Å²) in [6, 6.07) is -1.75. The molecule has 0 spiro atoms. The van der Waals surface area contributed by atoms with E-state index in [1.807, 2.05) is 0 Å². The molecule has 0 aromatic carbocycles. The van der Waals surface area contributed by atoms with E-state index in [1.165, 1.54) is 4.90 Å². The molecular weight excluding hydrogens is 252 g/mol. The Morgan fingerprint density at radius 2 is 2.24 bits per heavy atom. The summed E-state index contributed by atoms with van der Waals surface area (Å²) in [7, 11) is -4.74. The molecule has 2 aliphatic rings. The van der Waals surface area contributed by atoms with Crippen LogP contribution in [-0.2, 0) is 14.7 Å². The second kappa shape index (κ2) is 3.95. The van der Waals surface area contributed by atoms with Crippen molar-refractivity contribution in [2.75, 3.05) is 13.2 Å². The minimum absolute atomic E-state index is 0.224. The fourth-order valence-electron chi connectivity index (χ4n) is 2.05. The average Bonchev–Trinajstić information content (AvgIpc) is 2.48. The standard InChI is InChI=1S/C8H12N2O6S/c1-5-2-6(4-11)9-3-7(5)10(8(9)12)16-17(13,14)15/h2,6-7,11H,3-4H2,1H3,(H,13,14,15)/t6-,7?/m0/s1. The van der Waals surface area contributed by atoms with Crippen molar-refractivity contribution in [1.82, 2.24) is 9.96 Å². The molecule has 1 fully saturated rings. The van der Waals surface area contributed by atoms with Crippen LogP contribution in [0.3, 0.4) is 0 Å². The minimum Gasteiger partial charge on any atom is -0.394 e. The molecule has 2 N–H and O–H groups in total. The van der Waals surface area contributed by atoms with Crippen LogP contribution in [0.1, 0.15) is 6.92 Å².